The van der Waals surface area contributed by atoms with E-state index in [1.54, 1.807) is 19.1 Å². The minimum Gasteiger partial charge on any atom is -0.495 e. The number of nitrogens with one attached hydrogen (secondary N) is 1. The van der Waals surface area contributed by atoms with Gasteiger partial charge in [-0.3, -0.25) is 9.10 Å². The molecule has 7 nitrogen and oxygen atoms in total. The number of carbonyl (C=O) groups excluding carboxylic acids is 1. The third-order valence-corrected chi connectivity index (χ3v) is 6.89. The highest BCUT2D eigenvalue weighted by atomic mass is 35.5. The summed E-state index contributed by atoms with van der Waals surface area (Å²) in [6, 6.07) is 11.7. The molecule has 1 amide bonds. The smallest absolute Gasteiger partial charge is 0.243 e. The molecule has 0 aromatic heterocycles. The second kappa shape index (κ2) is 9.78. The zero-order valence-corrected chi connectivity index (χ0v) is 19.5. The average molecular weight is 466 g/mol. The van der Waals surface area contributed by atoms with Crippen molar-refractivity contribution in [2.24, 2.45) is 0 Å². The van der Waals surface area contributed by atoms with E-state index >= 15 is 0 Å². The number of methoxy groups -OCH3 is 1. The van der Waals surface area contributed by atoms with Crippen molar-refractivity contribution in [3.8, 4) is 5.75 Å². The first-order chi connectivity index (χ1) is 14.7. The normalized spacial score (nSPS) is 14.9. The van der Waals surface area contributed by atoms with E-state index in [9.17, 15) is 13.2 Å². The molecule has 1 aliphatic rings. The molecule has 0 radical (unpaired) electrons. The molecule has 1 atom stereocenters. The Morgan fingerprint density at radius 2 is 1.84 bits per heavy atom. The van der Waals surface area contributed by atoms with Gasteiger partial charge in [-0.1, -0.05) is 23.7 Å². The number of hydrogen-bond donors (Lipinski definition) is 1. The average Bonchev–Trinajstić information content (AvgIpc) is 3.26. The first-order valence-electron chi connectivity index (χ1n) is 10.2. The summed E-state index contributed by atoms with van der Waals surface area (Å²) in [5, 5.41) is 3.09. The van der Waals surface area contributed by atoms with Crippen LogP contribution in [-0.4, -0.2) is 46.8 Å². The van der Waals surface area contributed by atoms with Gasteiger partial charge in [0.15, 0.2) is 0 Å². The third-order valence-electron chi connectivity index (χ3n) is 5.35. The zero-order valence-electron chi connectivity index (χ0n) is 18.0. The molecule has 2 aromatic carbocycles. The molecule has 0 spiro atoms. The van der Waals surface area contributed by atoms with Gasteiger partial charge in [-0.15, -0.1) is 0 Å². The number of rotatable bonds is 8. The summed E-state index contributed by atoms with van der Waals surface area (Å²) in [6.45, 7) is 4.00. The lowest BCUT2D eigenvalue weighted by Crippen LogP contribution is -2.47. The number of halogens is 1. The van der Waals surface area contributed by atoms with E-state index in [1.165, 1.54) is 31.7 Å². The fraction of sp³-hybridized carbons (Fsp3) is 0.409. The van der Waals surface area contributed by atoms with Crippen LogP contribution < -0.4 is 19.3 Å². The highest BCUT2D eigenvalue weighted by Gasteiger charge is 2.29. The predicted octanol–water partition coefficient (Wildman–Crippen LogP) is 3.42. The van der Waals surface area contributed by atoms with E-state index < -0.39 is 22.0 Å². The molecular formula is C22H28ClN3O4S. The summed E-state index contributed by atoms with van der Waals surface area (Å²) < 4.78 is 31.1. The van der Waals surface area contributed by atoms with Gasteiger partial charge < -0.3 is 15.0 Å². The van der Waals surface area contributed by atoms with Crippen LogP contribution in [0.15, 0.2) is 42.5 Å². The first-order valence-corrected chi connectivity index (χ1v) is 12.4. The van der Waals surface area contributed by atoms with Gasteiger partial charge in [-0.25, -0.2) is 8.42 Å². The van der Waals surface area contributed by atoms with Crippen LogP contribution in [0.3, 0.4) is 0 Å². The lowest BCUT2D eigenvalue weighted by atomic mass is 10.2. The van der Waals surface area contributed by atoms with Crippen molar-refractivity contribution in [3.63, 3.8) is 0 Å². The fourth-order valence-electron chi connectivity index (χ4n) is 3.74. The third kappa shape index (κ3) is 5.62. The number of hydrogen-bond acceptors (Lipinski definition) is 5. The van der Waals surface area contributed by atoms with Crippen molar-refractivity contribution >= 4 is 38.9 Å². The molecule has 0 aliphatic carbocycles. The summed E-state index contributed by atoms with van der Waals surface area (Å²) >= 11 is 6.16. The van der Waals surface area contributed by atoms with Gasteiger partial charge >= 0.3 is 0 Å². The van der Waals surface area contributed by atoms with Crippen LogP contribution in [0.1, 0.15) is 25.3 Å². The molecule has 0 bridgehead atoms. The van der Waals surface area contributed by atoms with E-state index in [1.807, 2.05) is 12.1 Å². The number of sulfonamides is 1. The SMILES string of the molecule is COc1ccc(N(C(C)C(=O)NCc2ccc(N3CCCC3)cc2)S(C)(=O)=O)cc1Cl. The second-order valence-corrected chi connectivity index (χ2v) is 9.90. The summed E-state index contributed by atoms with van der Waals surface area (Å²) in [7, 11) is -2.25. The number of benzene rings is 2. The lowest BCUT2D eigenvalue weighted by Gasteiger charge is -2.28. The molecule has 31 heavy (non-hydrogen) atoms. The molecule has 1 unspecified atom stereocenters. The molecular weight excluding hydrogens is 438 g/mol. The minimum atomic E-state index is -3.73. The predicted molar refractivity (Wildman–Crippen MR) is 125 cm³/mol. The monoisotopic (exact) mass is 465 g/mol. The zero-order chi connectivity index (χ0) is 22.6. The van der Waals surface area contributed by atoms with Crippen molar-refractivity contribution in [1.29, 1.82) is 0 Å². The highest BCUT2D eigenvalue weighted by molar-refractivity contribution is 7.92. The van der Waals surface area contributed by atoms with Crippen LogP contribution in [0.5, 0.6) is 5.75 Å². The molecule has 3 rings (SSSR count). The van der Waals surface area contributed by atoms with Gasteiger partial charge in [-0.05, 0) is 55.7 Å². The maximum absolute atomic E-state index is 12.8. The van der Waals surface area contributed by atoms with E-state index in [-0.39, 0.29) is 5.02 Å². The van der Waals surface area contributed by atoms with Crippen molar-refractivity contribution in [3.05, 3.63) is 53.1 Å². The molecule has 1 heterocycles. The molecule has 1 saturated heterocycles. The number of anilines is 2. The molecule has 2 aromatic rings. The van der Waals surface area contributed by atoms with Crippen LogP contribution in [0.25, 0.3) is 0 Å². The Morgan fingerprint density at radius 3 is 2.39 bits per heavy atom. The Bertz CT molecular complexity index is 1020. The Morgan fingerprint density at radius 1 is 1.19 bits per heavy atom. The molecule has 168 valence electrons. The Hall–Kier alpha value is -2.45. The summed E-state index contributed by atoms with van der Waals surface area (Å²) in [5.74, 6) is 0.0225. The van der Waals surface area contributed by atoms with Crippen LogP contribution in [0.2, 0.25) is 5.02 Å². The quantitative estimate of drug-likeness (QED) is 0.646. The first kappa shape index (κ1) is 23.2. The summed E-state index contributed by atoms with van der Waals surface area (Å²) in [6.07, 6.45) is 3.49. The maximum atomic E-state index is 12.8. The fourth-order valence-corrected chi connectivity index (χ4v) is 5.16. The van der Waals surface area contributed by atoms with E-state index in [0.29, 0.717) is 18.0 Å². The van der Waals surface area contributed by atoms with Crippen LogP contribution >= 0.6 is 11.6 Å². The highest BCUT2D eigenvalue weighted by Crippen LogP contribution is 2.31. The van der Waals surface area contributed by atoms with Crippen LogP contribution in [0, 0.1) is 0 Å². The molecule has 1 N–H and O–H groups in total. The Kier molecular flexibility index (Phi) is 7.33. The Balaban J connectivity index is 1.69. The minimum absolute atomic E-state index is 0.263. The molecule has 1 fully saturated rings. The maximum Gasteiger partial charge on any atom is 0.243 e. The van der Waals surface area contributed by atoms with E-state index in [0.717, 1.165) is 29.2 Å². The van der Waals surface area contributed by atoms with Crippen LogP contribution in [0.4, 0.5) is 11.4 Å². The van der Waals surface area contributed by atoms with Crippen molar-refractivity contribution in [2.45, 2.75) is 32.4 Å². The molecule has 1 aliphatic heterocycles. The number of ether oxygens (including phenoxy) is 1. The number of nitrogens with zero attached hydrogens (tertiary/aromatic N) is 2. The number of carbonyl (C=O) groups is 1. The van der Waals surface area contributed by atoms with Gasteiger partial charge in [0.25, 0.3) is 0 Å². The largest absolute Gasteiger partial charge is 0.495 e. The van der Waals surface area contributed by atoms with Gasteiger partial charge in [0.05, 0.1) is 24.1 Å². The van der Waals surface area contributed by atoms with Gasteiger partial charge in [0, 0.05) is 25.3 Å². The summed E-state index contributed by atoms with van der Waals surface area (Å²) in [5.41, 5.74) is 2.42. The second-order valence-electron chi connectivity index (χ2n) is 7.63. The number of amides is 1. The lowest BCUT2D eigenvalue weighted by molar-refractivity contribution is -0.122. The topological polar surface area (TPSA) is 79.0 Å². The van der Waals surface area contributed by atoms with Crippen molar-refractivity contribution < 1.29 is 17.9 Å². The standard InChI is InChI=1S/C22H28ClN3O4S/c1-16(26(31(3,28)29)19-10-11-21(30-2)20(23)14-19)22(27)24-15-17-6-8-18(9-7-17)25-12-4-5-13-25/h6-11,14,16H,4-5,12-13,15H2,1-3H3,(H,24,27). The Labute approximate surface area is 189 Å². The van der Waals surface area contributed by atoms with Gasteiger partial charge in [0.2, 0.25) is 15.9 Å². The van der Waals surface area contributed by atoms with Crippen molar-refractivity contribution in [2.75, 3.05) is 35.7 Å². The summed E-state index contributed by atoms with van der Waals surface area (Å²) in [4.78, 5) is 15.1. The molecule has 9 heteroatoms. The van der Waals surface area contributed by atoms with Crippen LogP contribution in [-0.2, 0) is 21.4 Å². The van der Waals surface area contributed by atoms with Gasteiger partial charge in [-0.2, -0.15) is 0 Å². The van der Waals surface area contributed by atoms with E-state index in [2.05, 4.69) is 22.3 Å². The molecule has 0 saturated carbocycles. The van der Waals surface area contributed by atoms with Crippen molar-refractivity contribution in [1.82, 2.24) is 5.32 Å². The van der Waals surface area contributed by atoms with E-state index in [4.69, 9.17) is 16.3 Å². The van der Waals surface area contributed by atoms with Gasteiger partial charge in [0.1, 0.15) is 11.8 Å².